The average Bonchev–Trinajstić information content (AvgIpc) is 2.33. The van der Waals surface area contributed by atoms with Gasteiger partial charge < -0.3 is 4.90 Å². The smallest absolute Gasteiger partial charge is 0.128 e. The van der Waals surface area contributed by atoms with E-state index in [0.29, 0.717) is 16.8 Å². The Balaban J connectivity index is 2.17. The zero-order valence-electron chi connectivity index (χ0n) is 10.3. The highest BCUT2D eigenvalue weighted by Gasteiger charge is 2.23. The van der Waals surface area contributed by atoms with Crippen LogP contribution in [0.1, 0.15) is 25.8 Å². The molecule has 0 N–H and O–H groups in total. The highest BCUT2D eigenvalue weighted by molar-refractivity contribution is 6.32. The van der Waals surface area contributed by atoms with Gasteiger partial charge in [-0.3, -0.25) is 0 Å². The number of pyridine rings is 1. The second-order valence-corrected chi connectivity index (χ2v) is 5.63. The van der Waals surface area contributed by atoms with Crippen LogP contribution in [0, 0.1) is 11.8 Å². The molecule has 94 valence electrons. The molecular weight excluding hydrogens is 255 g/mol. The zero-order valence-corrected chi connectivity index (χ0v) is 11.8. The second-order valence-electron chi connectivity index (χ2n) is 4.96. The van der Waals surface area contributed by atoms with E-state index in [2.05, 4.69) is 23.7 Å². The predicted octanol–water partition coefficient (Wildman–Crippen LogP) is 3.96. The third kappa shape index (κ3) is 2.86. The SMILES string of the molecule is CC1CCN(c2cc(CCl)c(Cl)cn2)CC1C. The van der Waals surface area contributed by atoms with Crippen molar-refractivity contribution in [1.82, 2.24) is 4.98 Å². The van der Waals surface area contributed by atoms with E-state index in [1.807, 2.05) is 6.07 Å². The molecule has 4 heteroatoms. The largest absolute Gasteiger partial charge is 0.356 e. The molecule has 1 aromatic rings. The van der Waals surface area contributed by atoms with E-state index in [4.69, 9.17) is 23.2 Å². The van der Waals surface area contributed by atoms with Gasteiger partial charge in [0.1, 0.15) is 5.82 Å². The lowest BCUT2D eigenvalue weighted by Gasteiger charge is -2.36. The second kappa shape index (κ2) is 5.45. The summed E-state index contributed by atoms with van der Waals surface area (Å²) < 4.78 is 0. The summed E-state index contributed by atoms with van der Waals surface area (Å²) in [6.07, 6.45) is 2.93. The maximum absolute atomic E-state index is 6.02. The minimum Gasteiger partial charge on any atom is -0.356 e. The molecule has 1 saturated heterocycles. The van der Waals surface area contributed by atoms with Crippen molar-refractivity contribution in [2.24, 2.45) is 11.8 Å². The molecule has 2 atom stereocenters. The van der Waals surface area contributed by atoms with Gasteiger partial charge in [0.05, 0.1) is 5.02 Å². The van der Waals surface area contributed by atoms with E-state index in [1.165, 1.54) is 6.42 Å². The molecule has 2 nitrogen and oxygen atoms in total. The molecule has 0 aliphatic carbocycles. The van der Waals surface area contributed by atoms with Gasteiger partial charge in [0.25, 0.3) is 0 Å². The summed E-state index contributed by atoms with van der Waals surface area (Å²) in [6.45, 7) is 6.76. The summed E-state index contributed by atoms with van der Waals surface area (Å²) in [5, 5.41) is 0.655. The molecule has 2 heterocycles. The Morgan fingerprint density at radius 1 is 1.41 bits per heavy atom. The molecule has 0 bridgehead atoms. The first-order chi connectivity index (χ1) is 8.11. The zero-order chi connectivity index (χ0) is 12.4. The van der Waals surface area contributed by atoms with Crippen LogP contribution in [0.25, 0.3) is 0 Å². The maximum Gasteiger partial charge on any atom is 0.128 e. The Kier molecular flexibility index (Phi) is 4.16. The van der Waals surface area contributed by atoms with Gasteiger partial charge in [-0.2, -0.15) is 0 Å². The molecule has 1 fully saturated rings. The van der Waals surface area contributed by atoms with Crippen molar-refractivity contribution in [3.8, 4) is 0 Å². The summed E-state index contributed by atoms with van der Waals surface area (Å²) in [4.78, 5) is 6.74. The van der Waals surface area contributed by atoms with Crippen molar-refractivity contribution in [3.05, 3.63) is 22.8 Å². The summed E-state index contributed by atoms with van der Waals surface area (Å²) in [5.74, 6) is 2.95. The number of hydrogen-bond donors (Lipinski definition) is 0. The van der Waals surface area contributed by atoms with Crippen molar-refractivity contribution >= 4 is 29.0 Å². The number of hydrogen-bond acceptors (Lipinski definition) is 2. The van der Waals surface area contributed by atoms with Crippen molar-refractivity contribution in [3.63, 3.8) is 0 Å². The molecule has 0 amide bonds. The first kappa shape index (κ1) is 13.0. The van der Waals surface area contributed by atoms with Crippen LogP contribution in [0.4, 0.5) is 5.82 Å². The fraction of sp³-hybridized carbons (Fsp3) is 0.615. The third-order valence-corrected chi connectivity index (χ3v) is 4.35. The number of anilines is 1. The van der Waals surface area contributed by atoms with Crippen LogP contribution in [0.15, 0.2) is 12.3 Å². The van der Waals surface area contributed by atoms with Gasteiger partial charge in [-0.1, -0.05) is 25.4 Å². The third-order valence-electron chi connectivity index (χ3n) is 3.72. The topological polar surface area (TPSA) is 16.1 Å². The highest BCUT2D eigenvalue weighted by atomic mass is 35.5. The van der Waals surface area contributed by atoms with Gasteiger partial charge in [0.15, 0.2) is 0 Å². The van der Waals surface area contributed by atoms with E-state index in [9.17, 15) is 0 Å². The predicted molar refractivity (Wildman–Crippen MR) is 74.0 cm³/mol. The molecule has 1 aromatic heterocycles. The van der Waals surface area contributed by atoms with Crippen molar-refractivity contribution in [2.75, 3.05) is 18.0 Å². The number of aromatic nitrogens is 1. The van der Waals surface area contributed by atoms with Crippen LogP contribution >= 0.6 is 23.2 Å². The van der Waals surface area contributed by atoms with Crippen LogP contribution in [0.3, 0.4) is 0 Å². The van der Waals surface area contributed by atoms with E-state index in [0.717, 1.165) is 30.4 Å². The van der Waals surface area contributed by atoms with Crippen LogP contribution < -0.4 is 4.90 Å². The van der Waals surface area contributed by atoms with E-state index in [-0.39, 0.29) is 0 Å². The molecule has 2 unspecified atom stereocenters. The summed E-state index contributed by atoms with van der Waals surface area (Å²) in [6, 6.07) is 2.01. The van der Waals surface area contributed by atoms with Gasteiger partial charge >= 0.3 is 0 Å². The molecule has 17 heavy (non-hydrogen) atoms. The van der Waals surface area contributed by atoms with E-state index < -0.39 is 0 Å². The van der Waals surface area contributed by atoms with Gasteiger partial charge in [0.2, 0.25) is 0 Å². The van der Waals surface area contributed by atoms with E-state index >= 15 is 0 Å². The quantitative estimate of drug-likeness (QED) is 0.758. The molecule has 0 spiro atoms. The Bertz CT molecular complexity index is 395. The Hall–Kier alpha value is -0.470. The number of rotatable bonds is 2. The molecule has 1 aliphatic rings. The van der Waals surface area contributed by atoms with Crippen molar-refractivity contribution in [2.45, 2.75) is 26.1 Å². The van der Waals surface area contributed by atoms with Crippen LogP contribution in [0.5, 0.6) is 0 Å². The Morgan fingerprint density at radius 3 is 2.82 bits per heavy atom. The first-order valence-corrected chi connectivity index (χ1v) is 6.98. The number of piperidine rings is 1. The average molecular weight is 273 g/mol. The lowest BCUT2D eigenvalue weighted by Crippen LogP contribution is -2.38. The van der Waals surface area contributed by atoms with Crippen LogP contribution in [0.2, 0.25) is 5.02 Å². The van der Waals surface area contributed by atoms with Crippen molar-refractivity contribution in [1.29, 1.82) is 0 Å². The van der Waals surface area contributed by atoms with Gasteiger partial charge in [-0.05, 0) is 29.9 Å². The molecule has 0 saturated carbocycles. The van der Waals surface area contributed by atoms with Gasteiger partial charge in [-0.15, -0.1) is 11.6 Å². The molecule has 1 aliphatic heterocycles. The van der Waals surface area contributed by atoms with Crippen LogP contribution in [-0.4, -0.2) is 18.1 Å². The molecule has 0 aromatic carbocycles. The minimum absolute atomic E-state index is 0.439. The summed E-state index contributed by atoms with van der Waals surface area (Å²) in [5.41, 5.74) is 0.963. The fourth-order valence-electron chi connectivity index (χ4n) is 2.21. The Morgan fingerprint density at radius 2 is 2.18 bits per heavy atom. The molecular formula is C13H18Cl2N2. The summed E-state index contributed by atoms with van der Waals surface area (Å²) in [7, 11) is 0. The molecule has 0 radical (unpaired) electrons. The minimum atomic E-state index is 0.439. The Labute approximate surface area is 113 Å². The number of halogens is 2. The van der Waals surface area contributed by atoms with E-state index in [1.54, 1.807) is 6.20 Å². The maximum atomic E-state index is 6.02. The fourth-order valence-corrected chi connectivity index (χ4v) is 2.67. The van der Waals surface area contributed by atoms with Crippen molar-refractivity contribution < 1.29 is 0 Å². The van der Waals surface area contributed by atoms with Gasteiger partial charge in [0, 0.05) is 25.2 Å². The first-order valence-electron chi connectivity index (χ1n) is 6.07. The monoisotopic (exact) mass is 272 g/mol. The molecule has 2 rings (SSSR count). The standard InChI is InChI=1S/C13H18Cl2N2/c1-9-3-4-17(8-10(9)2)13-5-11(6-14)12(15)7-16-13/h5,7,9-10H,3-4,6,8H2,1-2H3. The lowest BCUT2D eigenvalue weighted by atomic mass is 9.89. The van der Waals surface area contributed by atoms with Gasteiger partial charge in [-0.25, -0.2) is 4.98 Å². The van der Waals surface area contributed by atoms with Crippen LogP contribution in [-0.2, 0) is 5.88 Å². The number of nitrogens with zero attached hydrogens (tertiary/aromatic N) is 2. The lowest BCUT2D eigenvalue weighted by molar-refractivity contribution is 0.323. The highest BCUT2D eigenvalue weighted by Crippen LogP contribution is 2.28. The normalized spacial score (nSPS) is 25.1. The number of alkyl halides is 1. The summed E-state index contributed by atoms with van der Waals surface area (Å²) >= 11 is 11.9.